The van der Waals surface area contributed by atoms with Crippen molar-refractivity contribution in [2.24, 2.45) is 5.73 Å². The van der Waals surface area contributed by atoms with E-state index in [2.05, 4.69) is 0 Å². The summed E-state index contributed by atoms with van der Waals surface area (Å²) in [6.07, 6.45) is 0. The number of amides is 2. The van der Waals surface area contributed by atoms with Gasteiger partial charge in [0.15, 0.2) is 6.61 Å². The lowest BCUT2D eigenvalue weighted by Gasteiger charge is -2.34. The first-order valence-corrected chi connectivity index (χ1v) is 8.05. The van der Waals surface area contributed by atoms with Gasteiger partial charge in [-0.25, -0.2) is 0 Å². The van der Waals surface area contributed by atoms with Crippen LogP contribution in [0.3, 0.4) is 0 Å². The lowest BCUT2D eigenvalue weighted by atomic mass is 10.1. The summed E-state index contributed by atoms with van der Waals surface area (Å²) in [5, 5.41) is 2.07. The maximum Gasteiger partial charge on any atom is 0.260 e. The quantitative estimate of drug-likeness (QED) is 0.903. The highest BCUT2D eigenvalue weighted by molar-refractivity contribution is 5.88. The van der Waals surface area contributed by atoms with Crippen LogP contribution in [0.25, 0.3) is 10.8 Å². The van der Waals surface area contributed by atoms with Gasteiger partial charge in [-0.2, -0.15) is 0 Å². The van der Waals surface area contributed by atoms with Gasteiger partial charge in [0, 0.05) is 31.6 Å². The molecule has 2 amide bonds. The molecule has 1 heterocycles. The zero-order valence-electron chi connectivity index (χ0n) is 13.5. The van der Waals surface area contributed by atoms with Crippen molar-refractivity contribution in [1.82, 2.24) is 9.80 Å². The molecule has 0 aromatic heterocycles. The summed E-state index contributed by atoms with van der Waals surface area (Å²) in [5.74, 6) is 0.565. The molecule has 0 aliphatic carbocycles. The Labute approximate surface area is 140 Å². The molecule has 24 heavy (non-hydrogen) atoms. The highest BCUT2D eigenvalue weighted by Crippen LogP contribution is 2.25. The van der Waals surface area contributed by atoms with Gasteiger partial charge in [-0.3, -0.25) is 9.59 Å². The van der Waals surface area contributed by atoms with Crippen LogP contribution in [0.15, 0.2) is 42.5 Å². The molecule has 2 aromatic rings. The number of ether oxygens (including phenoxy) is 1. The zero-order chi connectivity index (χ0) is 16.9. The van der Waals surface area contributed by atoms with Crippen LogP contribution >= 0.6 is 0 Å². The summed E-state index contributed by atoms with van der Waals surface area (Å²) in [5.41, 5.74) is 5.36. The molecule has 0 atom stereocenters. The largest absolute Gasteiger partial charge is 0.483 e. The van der Waals surface area contributed by atoms with Crippen molar-refractivity contribution in [2.45, 2.75) is 0 Å². The van der Waals surface area contributed by atoms with Gasteiger partial charge in [-0.1, -0.05) is 36.4 Å². The first kappa shape index (κ1) is 16.3. The number of nitrogens with zero attached hydrogens (tertiary/aromatic N) is 2. The Kier molecular flexibility index (Phi) is 4.96. The van der Waals surface area contributed by atoms with Crippen molar-refractivity contribution in [3.63, 3.8) is 0 Å². The van der Waals surface area contributed by atoms with E-state index < -0.39 is 0 Å². The van der Waals surface area contributed by atoms with Crippen molar-refractivity contribution >= 4 is 22.6 Å². The minimum atomic E-state index is -0.0749. The maximum absolute atomic E-state index is 12.3. The number of hydrogen-bond donors (Lipinski definition) is 1. The Morgan fingerprint density at radius 2 is 1.54 bits per heavy atom. The number of hydrogen-bond acceptors (Lipinski definition) is 4. The van der Waals surface area contributed by atoms with E-state index in [-0.39, 0.29) is 25.0 Å². The number of nitrogens with two attached hydrogens (primary N) is 1. The summed E-state index contributed by atoms with van der Waals surface area (Å²) in [6.45, 7) is 2.09. The van der Waals surface area contributed by atoms with Crippen molar-refractivity contribution in [1.29, 1.82) is 0 Å². The fraction of sp³-hybridized carbons (Fsp3) is 0.333. The Morgan fingerprint density at radius 1 is 0.917 bits per heavy atom. The fourth-order valence-corrected chi connectivity index (χ4v) is 2.89. The van der Waals surface area contributed by atoms with Gasteiger partial charge in [0.1, 0.15) is 5.75 Å². The number of piperazine rings is 1. The van der Waals surface area contributed by atoms with Crippen LogP contribution < -0.4 is 10.5 Å². The molecule has 0 unspecified atom stereocenters. The van der Waals surface area contributed by atoms with Crippen molar-refractivity contribution < 1.29 is 14.3 Å². The predicted molar refractivity (Wildman–Crippen MR) is 91.7 cm³/mol. The lowest BCUT2D eigenvalue weighted by Crippen LogP contribution is -2.52. The van der Waals surface area contributed by atoms with Gasteiger partial charge in [0.2, 0.25) is 5.91 Å². The fourth-order valence-electron chi connectivity index (χ4n) is 2.89. The van der Waals surface area contributed by atoms with Gasteiger partial charge >= 0.3 is 0 Å². The molecular weight excluding hydrogens is 306 g/mol. The molecule has 0 radical (unpaired) electrons. The first-order chi connectivity index (χ1) is 11.7. The normalized spacial score (nSPS) is 14.7. The molecule has 0 spiro atoms. The van der Waals surface area contributed by atoms with Gasteiger partial charge in [-0.05, 0) is 11.5 Å². The van der Waals surface area contributed by atoms with E-state index in [0.717, 1.165) is 10.8 Å². The molecule has 0 saturated carbocycles. The molecule has 3 rings (SSSR count). The standard InChI is InChI=1S/C18H21N3O3/c19-12-17(22)20-8-10-21(11-9-20)18(23)13-24-16-7-3-5-14-4-1-2-6-15(14)16/h1-7H,8-13,19H2. The zero-order valence-corrected chi connectivity index (χ0v) is 13.5. The number of carbonyl (C=O) groups excluding carboxylic acids is 2. The highest BCUT2D eigenvalue weighted by atomic mass is 16.5. The van der Waals surface area contributed by atoms with Crippen LogP contribution in [0.1, 0.15) is 0 Å². The Balaban J connectivity index is 1.57. The minimum Gasteiger partial charge on any atom is -0.483 e. The van der Waals surface area contributed by atoms with Crippen LogP contribution in [-0.4, -0.2) is 60.9 Å². The van der Waals surface area contributed by atoms with E-state index in [9.17, 15) is 9.59 Å². The molecule has 6 heteroatoms. The van der Waals surface area contributed by atoms with E-state index in [1.54, 1.807) is 9.80 Å². The Bertz CT molecular complexity index is 734. The summed E-state index contributed by atoms with van der Waals surface area (Å²) in [7, 11) is 0. The van der Waals surface area contributed by atoms with Crippen molar-refractivity contribution in [3.8, 4) is 5.75 Å². The molecule has 1 aliphatic rings. The number of benzene rings is 2. The van der Waals surface area contributed by atoms with Crippen molar-refractivity contribution in [3.05, 3.63) is 42.5 Å². The average molecular weight is 327 g/mol. The molecule has 126 valence electrons. The van der Waals surface area contributed by atoms with E-state index in [4.69, 9.17) is 10.5 Å². The molecular formula is C18H21N3O3. The summed E-state index contributed by atoms with van der Waals surface area (Å²) >= 11 is 0. The third-order valence-corrected chi connectivity index (χ3v) is 4.26. The Hall–Kier alpha value is -2.60. The average Bonchev–Trinajstić information content (AvgIpc) is 2.65. The first-order valence-electron chi connectivity index (χ1n) is 8.05. The topological polar surface area (TPSA) is 75.9 Å². The second kappa shape index (κ2) is 7.31. The van der Waals surface area contributed by atoms with Crippen LogP contribution in [-0.2, 0) is 9.59 Å². The predicted octanol–water partition coefficient (Wildman–Crippen LogP) is 0.848. The Morgan fingerprint density at radius 3 is 2.25 bits per heavy atom. The molecule has 1 fully saturated rings. The van der Waals surface area contributed by atoms with E-state index in [1.165, 1.54) is 0 Å². The number of carbonyl (C=O) groups is 2. The van der Waals surface area contributed by atoms with Gasteiger partial charge in [0.05, 0.1) is 6.54 Å². The van der Waals surface area contributed by atoms with Crippen LogP contribution in [0.4, 0.5) is 0 Å². The monoisotopic (exact) mass is 327 g/mol. The van der Waals surface area contributed by atoms with E-state index in [0.29, 0.717) is 31.9 Å². The van der Waals surface area contributed by atoms with Crippen LogP contribution in [0.5, 0.6) is 5.75 Å². The van der Waals surface area contributed by atoms with Crippen LogP contribution in [0, 0.1) is 0 Å². The molecule has 1 saturated heterocycles. The van der Waals surface area contributed by atoms with Gasteiger partial charge < -0.3 is 20.3 Å². The minimum absolute atomic E-state index is 0.00115. The molecule has 1 aliphatic heterocycles. The van der Waals surface area contributed by atoms with E-state index >= 15 is 0 Å². The molecule has 6 nitrogen and oxygen atoms in total. The number of fused-ring (bicyclic) bond motifs is 1. The second-order valence-electron chi connectivity index (χ2n) is 5.73. The van der Waals surface area contributed by atoms with Gasteiger partial charge in [-0.15, -0.1) is 0 Å². The van der Waals surface area contributed by atoms with Gasteiger partial charge in [0.25, 0.3) is 5.91 Å². The number of rotatable bonds is 4. The molecule has 2 N–H and O–H groups in total. The van der Waals surface area contributed by atoms with Crippen LogP contribution in [0.2, 0.25) is 0 Å². The smallest absolute Gasteiger partial charge is 0.260 e. The molecule has 0 bridgehead atoms. The summed E-state index contributed by atoms with van der Waals surface area (Å²) in [4.78, 5) is 27.3. The SMILES string of the molecule is NCC(=O)N1CCN(C(=O)COc2cccc3ccccc23)CC1. The maximum atomic E-state index is 12.3. The molecule has 2 aromatic carbocycles. The van der Waals surface area contributed by atoms with Crippen molar-refractivity contribution in [2.75, 3.05) is 39.3 Å². The third-order valence-electron chi connectivity index (χ3n) is 4.26. The lowest BCUT2D eigenvalue weighted by molar-refractivity contribution is -0.140. The summed E-state index contributed by atoms with van der Waals surface area (Å²) < 4.78 is 5.74. The summed E-state index contributed by atoms with van der Waals surface area (Å²) in [6, 6.07) is 13.7. The highest BCUT2D eigenvalue weighted by Gasteiger charge is 2.23. The van der Waals surface area contributed by atoms with E-state index in [1.807, 2.05) is 42.5 Å². The second-order valence-corrected chi connectivity index (χ2v) is 5.73. The third kappa shape index (κ3) is 3.49.